The van der Waals surface area contributed by atoms with Crippen LogP contribution >= 0.6 is 0 Å². The Bertz CT molecular complexity index is 383. The Morgan fingerprint density at radius 2 is 2.00 bits per heavy atom. The molecule has 1 aromatic rings. The van der Waals surface area contributed by atoms with Gasteiger partial charge in [-0.3, -0.25) is 0 Å². The van der Waals surface area contributed by atoms with Gasteiger partial charge in [-0.1, -0.05) is 36.2 Å². The molecule has 1 N–H and O–H groups in total. The summed E-state index contributed by atoms with van der Waals surface area (Å²) < 4.78 is 0. The van der Waals surface area contributed by atoms with E-state index in [1.54, 1.807) is 0 Å². The number of rotatable bonds is 7. The summed E-state index contributed by atoms with van der Waals surface area (Å²) in [5, 5.41) is 3.67. The summed E-state index contributed by atoms with van der Waals surface area (Å²) in [4.78, 5) is 2.61. The molecular weight excluding hydrogens is 244 g/mol. The molecule has 1 unspecified atom stereocenters. The van der Waals surface area contributed by atoms with E-state index in [0.717, 1.165) is 6.54 Å². The quantitative estimate of drug-likeness (QED) is 0.767. The summed E-state index contributed by atoms with van der Waals surface area (Å²) in [5.41, 5.74) is 2.84. The van der Waals surface area contributed by atoms with E-state index in [4.69, 9.17) is 0 Å². The van der Waals surface area contributed by atoms with E-state index in [1.807, 2.05) is 0 Å². The third-order valence-corrected chi connectivity index (χ3v) is 4.20. The van der Waals surface area contributed by atoms with Crippen LogP contribution in [0, 0.1) is 6.92 Å². The zero-order valence-electron chi connectivity index (χ0n) is 13.2. The van der Waals surface area contributed by atoms with Crippen LogP contribution < -0.4 is 5.32 Å². The van der Waals surface area contributed by atoms with Gasteiger partial charge < -0.3 is 10.2 Å². The maximum Gasteiger partial charge on any atom is 0.0166 e. The molecule has 0 amide bonds. The minimum absolute atomic E-state index is 0.616. The highest BCUT2D eigenvalue weighted by atomic mass is 15.1. The number of benzene rings is 1. The standard InChI is InChI=1S/C18H30N2/c1-16-8-6-9-18(14-16)10-7-11-19-17(2)15-20-12-4-3-5-13-20/h6,8-9,14,17,19H,3-5,7,10-13,15H2,1-2H3. The fraction of sp³-hybridized carbons (Fsp3) is 0.667. The number of hydrogen-bond donors (Lipinski definition) is 1. The minimum Gasteiger partial charge on any atom is -0.313 e. The Morgan fingerprint density at radius 3 is 2.75 bits per heavy atom. The molecule has 0 bridgehead atoms. The van der Waals surface area contributed by atoms with Crippen molar-refractivity contribution < 1.29 is 0 Å². The van der Waals surface area contributed by atoms with Gasteiger partial charge in [0.1, 0.15) is 0 Å². The number of likely N-dealkylation sites (tertiary alicyclic amines) is 1. The Balaban J connectivity index is 1.58. The van der Waals surface area contributed by atoms with Crippen LogP contribution in [0.15, 0.2) is 24.3 Å². The van der Waals surface area contributed by atoms with Crippen LogP contribution in [0.5, 0.6) is 0 Å². The molecule has 2 heteroatoms. The smallest absolute Gasteiger partial charge is 0.0166 e. The Morgan fingerprint density at radius 1 is 1.20 bits per heavy atom. The van der Waals surface area contributed by atoms with Crippen molar-refractivity contribution in [1.29, 1.82) is 0 Å². The molecule has 0 saturated carbocycles. The average Bonchev–Trinajstić information content (AvgIpc) is 2.45. The lowest BCUT2D eigenvalue weighted by atomic mass is 10.1. The summed E-state index contributed by atoms with van der Waals surface area (Å²) in [6.45, 7) is 9.43. The van der Waals surface area contributed by atoms with Gasteiger partial charge in [-0.15, -0.1) is 0 Å². The van der Waals surface area contributed by atoms with Gasteiger partial charge in [0.05, 0.1) is 0 Å². The second kappa shape index (κ2) is 8.43. The minimum atomic E-state index is 0.616. The molecule has 1 fully saturated rings. The SMILES string of the molecule is Cc1cccc(CCCNC(C)CN2CCCCC2)c1. The second-order valence-corrected chi connectivity index (χ2v) is 6.31. The molecule has 112 valence electrons. The van der Waals surface area contributed by atoms with Crippen molar-refractivity contribution in [3.8, 4) is 0 Å². The summed E-state index contributed by atoms with van der Waals surface area (Å²) >= 11 is 0. The summed E-state index contributed by atoms with van der Waals surface area (Å²) in [6.07, 6.45) is 6.62. The van der Waals surface area contributed by atoms with Crippen molar-refractivity contribution in [2.75, 3.05) is 26.2 Å². The van der Waals surface area contributed by atoms with E-state index >= 15 is 0 Å². The van der Waals surface area contributed by atoms with Crippen LogP contribution in [-0.2, 0) is 6.42 Å². The van der Waals surface area contributed by atoms with Crippen LogP contribution in [-0.4, -0.2) is 37.1 Å². The summed E-state index contributed by atoms with van der Waals surface area (Å²) in [5.74, 6) is 0. The molecule has 20 heavy (non-hydrogen) atoms. The second-order valence-electron chi connectivity index (χ2n) is 6.31. The fourth-order valence-electron chi connectivity index (χ4n) is 3.10. The molecule has 0 aliphatic carbocycles. The topological polar surface area (TPSA) is 15.3 Å². The zero-order valence-corrected chi connectivity index (χ0v) is 13.2. The molecular formula is C18H30N2. The monoisotopic (exact) mass is 274 g/mol. The lowest BCUT2D eigenvalue weighted by Gasteiger charge is -2.29. The molecule has 0 aromatic heterocycles. The lowest BCUT2D eigenvalue weighted by molar-refractivity contribution is 0.209. The average molecular weight is 274 g/mol. The first kappa shape index (κ1) is 15.5. The molecule has 1 heterocycles. The van der Waals surface area contributed by atoms with Crippen molar-refractivity contribution in [3.63, 3.8) is 0 Å². The number of piperidine rings is 1. The number of aryl methyl sites for hydroxylation is 2. The van der Waals surface area contributed by atoms with Crippen molar-refractivity contribution in [3.05, 3.63) is 35.4 Å². The molecule has 1 aliphatic heterocycles. The maximum atomic E-state index is 3.67. The van der Waals surface area contributed by atoms with Crippen LogP contribution in [0.4, 0.5) is 0 Å². The summed E-state index contributed by atoms with van der Waals surface area (Å²) in [6, 6.07) is 9.49. The van der Waals surface area contributed by atoms with E-state index in [0.29, 0.717) is 6.04 Å². The molecule has 1 aromatic carbocycles. The first-order chi connectivity index (χ1) is 9.74. The third-order valence-electron chi connectivity index (χ3n) is 4.20. The zero-order chi connectivity index (χ0) is 14.2. The maximum absolute atomic E-state index is 3.67. The van der Waals surface area contributed by atoms with E-state index in [9.17, 15) is 0 Å². The third kappa shape index (κ3) is 5.64. The van der Waals surface area contributed by atoms with Crippen LogP contribution in [0.3, 0.4) is 0 Å². The molecule has 1 aliphatic rings. The molecule has 1 atom stereocenters. The van der Waals surface area contributed by atoms with Gasteiger partial charge in [0.2, 0.25) is 0 Å². The predicted octanol–water partition coefficient (Wildman–Crippen LogP) is 3.39. The van der Waals surface area contributed by atoms with Crippen LogP contribution in [0.2, 0.25) is 0 Å². The van der Waals surface area contributed by atoms with E-state index < -0.39 is 0 Å². The highest BCUT2D eigenvalue weighted by Crippen LogP contribution is 2.09. The highest BCUT2D eigenvalue weighted by Gasteiger charge is 2.12. The van der Waals surface area contributed by atoms with Gasteiger partial charge in [0.25, 0.3) is 0 Å². The molecule has 0 spiro atoms. The van der Waals surface area contributed by atoms with Crippen LogP contribution in [0.25, 0.3) is 0 Å². The summed E-state index contributed by atoms with van der Waals surface area (Å²) in [7, 11) is 0. The first-order valence-corrected chi connectivity index (χ1v) is 8.25. The largest absolute Gasteiger partial charge is 0.313 e. The van der Waals surface area contributed by atoms with E-state index in [1.165, 1.54) is 62.9 Å². The van der Waals surface area contributed by atoms with Crippen molar-refractivity contribution in [1.82, 2.24) is 10.2 Å². The first-order valence-electron chi connectivity index (χ1n) is 8.25. The number of hydrogen-bond acceptors (Lipinski definition) is 2. The van der Waals surface area contributed by atoms with Crippen molar-refractivity contribution in [2.24, 2.45) is 0 Å². The van der Waals surface area contributed by atoms with Gasteiger partial charge in [-0.05, 0) is 64.7 Å². The van der Waals surface area contributed by atoms with Crippen molar-refractivity contribution >= 4 is 0 Å². The van der Waals surface area contributed by atoms with Crippen LogP contribution in [0.1, 0.15) is 43.7 Å². The number of nitrogens with one attached hydrogen (secondary N) is 1. The molecule has 2 rings (SSSR count). The van der Waals surface area contributed by atoms with Gasteiger partial charge in [-0.25, -0.2) is 0 Å². The fourth-order valence-corrected chi connectivity index (χ4v) is 3.10. The van der Waals surface area contributed by atoms with Gasteiger partial charge in [0.15, 0.2) is 0 Å². The Hall–Kier alpha value is -0.860. The van der Waals surface area contributed by atoms with Gasteiger partial charge >= 0.3 is 0 Å². The van der Waals surface area contributed by atoms with Gasteiger partial charge in [0, 0.05) is 12.6 Å². The Labute approximate surface area is 124 Å². The lowest BCUT2D eigenvalue weighted by Crippen LogP contribution is -2.41. The Kier molecular flexibility index (Phi) is 6.55. The number of nitrogens with zero attached hydrogens (tertiary/aromatic N) is 1. The van der Waals surface area contributed by atoms with Crippen molar-refractivity contribution in [2.45, 2.75) is 52.0 Å². The molecule has 0 radical (unpaired) electrons. The normalized spacial score (nSPS) is 18.1. The van der Waals surface area contributed by atoms with Gasteiger partial charge in [-0.2, -0.15) is 0 Å². The predicted molar refractivity (Wildman–Crippen MR) is 87.3 cm³/mol. The van der Waals surface area contributed by atoms with E-state index in [-0.39, 0.29) is 0 Å². The highest BCUT2D eigenvalue weighted by molar-refractivity contribution is 5.22. The van der Waals surface area contributed by atoms with E-state index in [2.05, 4.69) is 48.3 Å². The molecule has 2 nitrogen and oxygen atoms in total. The molecule has 1 saturated heterocycles.